The predicted molar refractivity (Wildman–Crippen MR) is 90.7 cm³/mol. The van der Waals surface area contributed by atoms with Crippen LogP contribution in [0.1, 0.15) is 56.5 Å². The Balaban J connectivity index is 2.00. The van der Waals surface area contributed by atoms with Crippen molar-refractivity contribution in [1.29, 1.82) is 5.26 Å². The van der Waals surface area contributed by atoms with Crippen LogP contribution in [0.3, 0.4) is 0 Å². The highest BCUT2D eigenvalue weighted by Crippen LogP contribution is 2.42. The van der Waals surface area contributed by atoms with Gasteiger partial charge in [-0.1, -0.05) is 0 Å². The third-order valence-corrected chi connectivity index (χ3v) is 6.03. The summed E-state index contributed by atoms with van der Waals surface area (Å²) < 4.78 is 0. The van der Waals surface area contributed by atoms with Crippen LogP contribution in [0.25, 0.3) is 0 Å². The van der Waals surface area contributed by atoms with Crippen molar-refractivity contribution in [3.63, 3.8) is 0 Å². The van der Waals surface area contributed by atoms with Gasteiger partial charge in [-0.25, -0.2) is 4.99 Å². The van der Waals surface area contributed by atoms with Crippen molar-refractivity contribution in [1.82, 2.24) is 4.90 Å². The molecule has 4 nitrogen and oxygen atoms in total. The summed E-state index contributed by atoms with van der Waals surface area (Å²) in [4.78, 5) is 8.23. The lowest BCUT2D eigenvalue weighted by Gasteiger charge is -2.38. The summed E-state index contributed by atoms with van der Waals surface area (Å²) in [6, 6.07) is 2.42. The number of nitriles is 1. The zero-order chi connectivity index (χ0) is 16.0. The number of quaternary nitrogens is 1. The lowest BCUT2D eigenvalue weighted by atomic mass is 9.81. The molecule has 1 aromatic rings. The Morgan fingerprint density at radius 1 is 1.27 bits per heavy atom. The van der Waals surface area contributed by atoms with Crippen molar-refractivity contribution in [2.24, 2.45) is 4.99 Å². The smallest absolute Gasteiger partial charge is 0.136 e. The van der Waals surface area contributed by atoms with Crippen molar-refractivity contribution in [2.75, 3.05) is 13.1 Å². The highest BCUT2D eigenvalue weighted by atomic mass is 32.1. The molecule has 0 aromatic carbocycles. The number of thiophene rings is 1. The Labute approximate surface area is 136 Å². The Morgan fingerprint density at radius 3 is 2.59 bits per heavy atom. The molecule has 1 saturated heterocycles. The number of nitrogens with two attached hydrogens (primary N) is 1. The average molecular weight is 317 g/mol. The predicted octanol–water partition coefficient (Wildman–Crippen LogP) is 2.51. The monoisotopic (exact) mass is 317 g/mol. The first-order chi connectivity index (χ1) is 10.3. The van der Waals surface area contributed by atoms with E-state index in [9.17, 15) is 5.26 Å². The van der Waals surface area contributed by atoms with Gasteiger partial charge in [-0.3, -0.25) is 0 Å². The van der Waals surface area contributed by atoms with Crippen LogP contribution >= 0.6 is 11.3 Å². The molecule has 2 aliphatic heterocycles. The standard InChI is InChI=1S/C17H24N4S/c1-16(2)9-12-13(10-18)15(19-11-21-7-5-6-8-21)22-14(12)17(3,4)20-16/h11,20H,5-9H2,1-4H3/p+1. The van der Waals surface area contributed by atoms with Gasteiger partial charge >= 0.3 is 0 Å². The Morgan fingerprint density at radius 2 is 1.95 bits per heavy atom. The summed E-state index contributed by atoms with van der Waals surface area (Å²) in [6.45, 7) is 11.2. The first-order valence-corrected chi connectivity index (χ1v) is 8.86. The van der Waals surface area contributed by atoms with Crippen molar-refractivity contribution in [3.8, 4) is 6.07 Å². The van der Waals surface area contributed by atoms with Crippen molar-refractivity contribution in [3.05, 3.63) is 16.0 Å². The molecule has 3 heterocycles. The van der Waals surface area contributed by atoms with Crippen LogP contribution in [-0.2, 0) is 12.0 Å². The van der Waals surface area contributed by atoms with Gasteiger partial charge in [0.15, 0.2) is 0 Å². The summed E-state index contributed by atoms with van der Waals surface area (Å²) in [5, 5.41) is 13.0. The second-order valence-corrected chi connectivity index (χ2v) is 8.72. The minimum atomic E-state index is 0.00869. The number of rotatable bonds is 2. The van der Waals surface area contributed by atoms with E-state index in [0.29, 0.717) is 0 Å². The molecule has 0 atom stereocenters. The van der Waals surface area contributed by atoms with Gasteiger partial charge < -0.3 is 10.2 Å². The van der Waals surface area contributed by atoms with Crippen LogP contribution < -0.4 is 5.32 Å². The molecule has 1 aromatic heterocycles. The number of fused-ring (bicyclic) bond motifs is 1. The Bertz CT molecular complexity index is 642. The number of likely N-dealkylation sites (tertiary alicyclic amines) is 1. The van der Waals surface area contributed by atoms with Gasteiger partial charge in [-0.15, -0.1) is 11.3 Å². The van der Waals surface area contributed by atoms with E-state index in [4.69, 9.17) is 0 Å². The van der Waals surface area contributed by atoms with Gasteiger partial charge in [-0.05, 0) is 46.1 Å². The van der Waals surface area contributed by atoms with Crippen molar-refractivity contribution >= 4 is 22.7 Å². The summed E-state index contributed by atoms with van der Waals surface area (Å²) in [5.74, 6) is 0. The van der Waals surface area contributed by atoms with Gasteiger partial charge in [0.25, 0.3) is 0 Å². The number of aliphatic imine (C=N–C) groups is 1. The van der Waals surface area contributed by atoms with Crippen LogP contribution in [0, 0.1) is 11.3 Å². The molecule has 2 aliphatic rings. The second-order valence-electron chi connectivity index (χ2n) is 7.72. The Kier molecular flexibility index (Phi) is 3.78. The van der Waals surface area contributed by atoms with E-state index >= 15 is 0 Å². The molecule has 0 saturated carbocycles. The van der Waals surface area contributed by atoms with E-state index in [1.54, 1.807) is 11.3 Å². The minimum absolute atomic E-state index is 0.00869. The normalized spacial score (nSPS) is 22.8. The maximum Gasteiger partial charge on any atom is 0.136 e. The van der Waals surface area contributed by atoms with Gasteiger partial charge in [0.2, 0.25) is 0 Å². The molecule has 22 heavy (non-hydrogen) atoms. The highest BCUT2D eigenvalue weighted by Gasteiger charge is 2.44. The van der Waals surface area contributed by atoms with Crippen molar-refractivity contribution in [2.45, 2.75) is 58.0 Å². The Hall–Kier alpha value is -1.38. The largest absolute Gasteiger partial charge is 0.363 e. The van der Waals surface area contributed by atoms with Crippen molar-refractivity contribution < 1.29 is 5.32 Å². The fraction of sp³-hybridized carbons (Fsp3) is 0.647. The summed E-state index contributed by atoms with van der Waals surface area (Å²) in [6.07, 6.45) is 5.36. The minimum Gasteiger partial charge on any atom is -0.363 e. The second kappa shape index (κ2) is 5.36. The first-order valence-electron chi connectivity index (χ1n) is 8.04. The van der Waals surface area contributed by atoms with Crippen LogP contribution in [0.15, 0.2) is 4.99 Å². The van der Waals surface area contributed by atoms with Crippen LogP contribution in [0.2, 0.25) is 0 Å². The molecule has 3 rings (SSSR count). The average Bonchev–Trinajstić information content (AvgIpc) is 3.01. The highest BCUT2D eigenvalue weighted by molar-refractivity contribution is 7.16. The summed E-state index contributed by atoms with van der Waals surface area (Å²) >= 11 is 1.70. The molecule has 0 radical (unpaired) electrons. The molecule has 2 N–H and O–H groups in total. The van der Waals surface area contributed by atoms with Gasteiger partial charge in [0, 0.05) is 19.5 Å². The zero-order valence-corrected chi connectivity index (χ0v) is 14.8. The summed E-state index contributed by atoms with van der Waals surface area (Å²) in [7, 11) is 0. The lowest BCUT2D eigenvalue weighted by Crippen LogP contribution is -3.03. The molecule has 0 unspecified atom stereocenters. The molecular formula is C17H25N4S+. The molecular weight excluding hydrogens is 292 g/mol. The zero-order valence-electron chi connectivity index (χ0n) is 13.9. The van der Waals surface area contributed by atoms with E-state index < -0.39 is 0 Å². The van der Waals surface area contributed by atoms with Crippen LogP contribution in [0.4, 0.5) is 5.00 Å². The molecule has 1 fully saturated rings. The van der Waals surface area contributed by atoms with E-state index in [1.165, 1.54) is 23.3 Å². The molecule has 0 spiro atoms. The maximum absolute atomic E-state index is 9.65. The fourth-order valence-corrected chi connectivity index (χ4v) is 5.07. The first kappa shape index (κ1) is 15.5. The van der Waals surface area contributed by atoms with E-state index in [2.05, 4.69) is 49.0 Å². The quantitative estimate of drug-likeness (QED) is 0.673. The van der Waals surface area contributed by atoms with E-state index in [0.717, 1.165) is 30.1 Å². The molecule has 0 aliphatic carbocycles. The lowest BCUT2D eigenvalue weighted by molar-refractivity contribution is -0.789. The van der Waals surface area contributed by atoms with Gasteiger partial charge in [-0.2, -0.15) is 5.26 Å². The maximum atomic E-state index is 9.65. The third-order valence-electron chi connectivity index (χ3n) is 4.55. The van der Waals surface area contributed by atoms with Gasteiger partial charge in [0.1, 0.15) is 16.6 Å². The van der Waals surface area contributed by atoms with E-state index in [-0.39, 0.29) is 11.1 Å². The van der Waals surface area contributed by atoms with Gasteiger partial charge in [0.05, 0.1) is 22.3 Å². The molecule has 118 valence electrons. The molecule has 0 bridgehead atoms. The summed E-state index contributed by atoms with van der Waals surface area (Å²) in [5.41, 5.74) is 2.15. The number of hydrogen-bond donors (Lipinski definition) is 1. The third kappa shape index (κ3) is 2.78. The fourth-order valence-electron chi connectivity index (χ4n) is 3.89. The SMILES string of the molecule is CC1(C)Cc2c(sc(N=CN3CCCC3)c2C#N)C(C)(C)[NH2+]1. The number of hydrogen-bond acceptors (Lipinski definition) is 3. The molecule has 5 heteroatoms. The number of nitrogens with zero attached hydrogens (tertiary/aromatic N) is 3. The topological polar surface area (TPSA) is 56.0 Å². The van der Waals surface area contributed by atoms with E-state index in [1.807, 2.05) is 6.34 Å². The molecule has 0 amide bonds. The van der Waals surface area contributed by atoms with Crippen LogP contribution in [0.5, 0.6) is 0 Å². The van der Waals surface area contributed by atoms with Crippen LogP contribution in [-0.4, -0.2) is 29.9 Å².